The highest BCUT2D eigenvalue weighted by atomic mass is 15.1. The first kappa shape index (κ1) is 13.0. The first-order chi connectivity index (χ1) is 7.09. The van der Waals surface area contributed by atoms with E-state index < -0.39 is 0 Å². The number of rotatable bonds is 5. The van der Waals surface area contributed by atoms with Gasteiger partial charge in [-0.15, -0.1) is 0 Å². The van der Waals surface area contributed by atoms with Gasteiger partial charge in [0.05, 0.1) is 0 Å². The summed E-state index contributed by atoms with van der Waals surface area (Å²) in [5, 5.41) is 3.51. The van der Waals surface area contributed by atoms with Crippen molar-refractivity contribution in [3.8, 4) is 0 Å². The Morgan fingerprint density at radius 1 is 1.33 bits per heavy atom. The van der Waals surface area contributed by atoms with Gasteiger partial charge in [-0.1, -0.05) is 13.8 Å². The van der Waals surface area contributed by atoms with Crippen molar-refractivity contribution in [3.05, 3.63) is 0 Å². The molecule has 0 spiro atoms. The number of piperidine rings is 1. The molecule has 1 heterocycles. The highest BCUT2D eigenvalue weighted by Crippen LogP contribution is 2.21. The lowest BCUT2D eigenvalue weighted by atomic mass is 9.88. The summed E-state index contributed by atoms with van der Waals surface area (Å²) < 4.78 is 0. The van der Waals surface area contributed by atoms with Gasteiger partial charge in [-0.3, -0.25) is 0 Å². The molecule has 0 bridgehead atoms. The van der Waals surface area contributed by atoms with E-state index in [2.05, 4.69) is 38.2 Å². The maximum absolute atomic E-state index is 3.51. The summed E-state index contributed by atoms with van der Waals surface area (Å²) in [6, 6.07) is 0.773. The van der Waals surface area contributed by atoms with Crippen LogP contribution < -0.4 is 5.32 Å². The molecule has 2 nitrogen and oxygen atoms in total. The highest BCUT2D eigenvalue weighted by molar-refractivity contribution is 4.77. The van der Waals surface area contributed by atoms with E-state index in [-0.39, 0.29) is 0 Å². The molecule has 0 aromatic rings. The standard InChI is InChI=1S/C13H28N2/c1-11(2)8-13(15(3)4)9-12-6-5-7-14-10-12/h11-14H,5-10H2,1-4H3. The zero-order valence-electron chi connectivity index (χ0n) is 10.9. The molecule has 1 fully saturated rings. The third-order valence-electron chi connectivity index (χ3n) is 3.48. The predicted molar refractivity (Wildman–Crippen MR) is 67.1 cm³/mol. The summed E-state index contributed by atoms with van der Waals surface area (Å²) in [5.41, 5.74) is 0. The second-order valence-electron chi connectivity index (χ2n) is 5.70. The van der Waals surface area contributed by atoms with Crippen LogP contribution in [-0.4, -0.2) is 38.1 Å². The van der Waals surface area contributed by atoms with Gasteiger partial charge in [0.25, 0.3) is 0 Å². The molecule has 0 amide bonds. The fraction of sp³-hybridized carbons (Fsp3) is 1.00. The largest absolute Gasteiger partial charge is 0.316 e. The number of nitrogens with zero attached hydrogens (tertiary/aromatic N) is 1. The van der Waals surface area contributed by atoms with Crippen LogP contribution in [0.5, 0.6) is 0 Å². The number of hydrogen-bond donors (Lipinski definition) is 1. The summed E-state index contributed by atoms with van der Waals surface area (Å²) >= 11 is 0. The quantitative estimate of drug-likeness (QED) is 0.752. The molecule has 0 aromatic carbocycles. The SMILES string of the molecule is CC(C)CC(CC1CCCNC1)N(C)C. The molecule has 1 aliphatic heterocycles. The summed E-state index contributed by atoms with van der Waals surface area (Å²) in [6.07, 6.45) is 5.50. The van der Waals surface area contributed by atoms with Crippen LogP contribution >= 0.6 is 0 Å². The molecule has 1 aliphatic rings. The fourth-order valence-corrected chi connectivity index (χ4v) is 2.57. The number of nitrogens with one attached hydrogen (secondary N) is 1. The lowest BCUT2D eigenvalue weighted by Crippen LogP contribution is -2.37. The Morgan fingerprint density at radius 3 is 2.53 bits per heavy atom. The van der Waals surface area contributed by atoms with Crippen LogP contribution in [0, 0.1) is 11.8 Å². The van der Waals surface area contributed by atoms with Gasteiger partial charge in [0, 0.05) is 6.04 Å². The molecule has 2 unspecified atom stereocenters. The lowest BCUT2D eigenvalue weighted by Gasteiger charge is -2.32. The van der Waals surface area contributed by atoms with Gasteiger partial charge in [0.2, 0.25) is 0 Å². The predicted octanol–water partition coefficient (Wildman–Crippen LogP) is 2.35. The molecule has 15 heavy (non-hydrogen) atoms. The maximum Gasteiger partial charge on any atom is 0.00947 e. The minimum Gasteiger partial charge on any atom is -0.316 e. The van der Waals surface area contributed by atoms with Gasteiger partial charge >= 0.3 is 0 Å². The van der Waals surface area contributed by atoms with Crippen molar-refractivity contribution in [1.29, 1.82) is 0 Å². The summed E-state index contributed by atoms with van der Waals surface area (Å²) in [4.78, 5) is 2.41. The lowest BCUT2D eigenvalue weighted by molar-refractivity contribution is 0.198. The highest BCUT2D eigenvalue weighted by Gasteiger charge is 2.20. The maximum atomic E-state index is 3.51. The Hall–Kier alpha value is -0.0800. The second kappa shape index (κ2) is 6.49. The van der Waals surface area contributed by atoms with E-state index in [0.717, 1.165) is 17.9 Å². The van der Waals surface area contributed by atoms with Crippen molar-refractivity contribution in [2.24, 2.45) is 11.8 Å². The molecule has 1 N–H and O–H groups in total. The molecule has 0 saturated carbocycles. The van der Waals surface area contributed by atoms with E-state index in [1.807, 2.05) is 0 Å². The Kier molecular flexibility index (Phi) is 5.62. The molecule has 0 radical (unpaired) electrons. The molecule has 2 atom stereocenters. The molecule has 0 aliphatic carbocycles. The first-order valence-corrected chi connectivity index (χ1v) is 6.46. The molecule has 2 heteroatoms. The van der Waals surface area contributed by atoms with Crippen molar-refractivity contribution < 1.29 is 0 Å². The van der Waals surface area contributed by atoms with Crippen molar-refractivity contribution in [2.45, 2.75) is 45.6 Å². The van der Waals surface area contributed by atoms with E-state index >= 15 is 0 Å². The van der Waals surface area contributed by atoms with Gasteiger partial charge in [-0.05, 0) is 64.7 Å². The van der Waals surface area contributed by atoms with Crippen LogP contribution in [0.3, 0.4) is 0 Å². The minimum absolute atomic E-state index is 0.773. The second-order valence-corrected chi connectivity index (χ2v) is 5.70. The van der Waals surface area contributed by atoms with Crippen LogP contribution in [0.2, 0.25) is 0 Å². The number of hydrogen-bond acceptors (Lipinski definition) is 2. The van der Waals surface area contributed by atoms with Gasteiger partial charge in [-0.25, -0.2) is 0 Å². The van der Waals surface area contributed by atoms with Gasteiger partial charge in [-0.2, -0.15) is 0 Å². The van der Waals surface area contributed by atoms with Gasteiger partial charge in [0.15, 0.2) is 0 Å². The smallest absolute Gasteiger partial charge is 0.00947 e. The van der Waals surface area contributed by atoms with Crippen LogP contribution in [-0.2, 0) is 0 Å². The summed E-state index contributed by atoms with van der Waals surface area (Å²) in [5.74, 6) is 1.72. The van der Waals surface area contributed by atoms with E-state index in [4.69, 9.17) is 0 Å². The van der Waals surface area contributed by atoms with E-state index in [1.165, 1.54) is 38.8 Å². The summed E-state index contributed by atoms with van der Waals surface area (Å²) in [7, 11) is 4.45. The molecule has 0 aromatic heterocycles. The Bertz CT molecular complexity index is 160. The Labute approximate surface area is 95.4 Å². The fourth-order valence-electron chi connectivity index (χ4n) is 2.57. The van der Waals surface area contributed by atoms with Gasteiger partial charge in [0.1, 0.15) is 0 Å². The molecular weight excluding hydrogens is 184 g/mol. The topological polar surface area (TPSA) is 15.3 Å². The average molecular weight is 212 g/mol. The van der Waals surface area contributed by atoms with Crippen LogP contribution in [0.1, 0.15) is 39.5 Å². The summed E-state index contributed by atoms with van der Waals surface area (Å²) in [6.45, 7) is 7.13. The van der Waals surface area contributed by atoms with E-state index in [1.54, 1.807) is 0 Å². The molecule has 90 valence electrons. The van der Waals surface area contributed by atoms with Crippen molar-refractivity contribution in [2.75, 3.05) is 27.2 Å². The van der Waals surface area contributed by atoms with E-state index in [0.29, 0.717) is 0 Å². The van der Waals surface area contributed by atoms with Gasteiger partial charge < -0.3 is 10.2 Å². The third kappa shape index (κ3) is 4.98. The first-order valence-electron chi connectivity index (χ1n) is 6.46. The normalized spacial score (nSPS) is 24.8. The Morgan fingerprint density at radius 2 is 2.07 bits per heavy atom. The zero-order chi connectivity index (χ0) is 11.3. The zero-order valence-corrected chi connectivity index (χ0v) is 10.9. The minimum atomic E-state index is 0.773. The molecule has 1 saturated heterocycles. The molecular formula is C13H28N2. The average Bonchev–Trinajstić information content (AvgIpc) is 2.17. The van der Waals surface area contributed by atoms with Crippen LogP contribution in [0.4, 0.5) is 0 Å². The van der Waals surface area contributed by atoms with Crippen LogP contribution in [0.25, 0.3) is 0 Å². The van der Waals surface area contributed by atoms with Crippen molar-refractivity contribution in [1.82, 2.24) is 10.2 Å². The van der Waals surface area contributed by atoms with E-state index in [9.17, 15) is 0 Å². The third-order valence-corrected chi connectivity index (χ3v) is 3.48. The molecule has 1 rings (SSSR count). The van der Waals surface area contributed by atoms with Crippen LogP contribution in [0.15, 0.2) is 0 Å². The van der Waals surface area contributed by atoms with Crippen molar-refractivity contribution in [3.63, 3.8) is 0 Å². The Balaban J connectivity index is 2.35. The monoisotopic (exact) mass is 212 g/mol. The van der Waals surface area contributed by atoms with Crippen molar-refractivity contribution >= 4 is 0 Å².